The maximum Gasteiger partial charge on any atom is 0.338 e. The van der Waals surface area contributed by atoms with Crippen molar-refractivity contribution < 1.29 is 9.53 Å². The van der Waals surface area contributed by atoms with Gasteiger partial charge in [-0.05, 0) is 80.6 Å². The smallest absolute Gasteiger partial charge is 0.338 e. The van der Waals surface area contributed by atoms with Crippen LogP contribution in [0.25, 0.3) is 6.08 Å². The standard InChI is InChI=1S/C28H28ClN3O3S/c1-4-35-27(34)24-18(3)30-28-32(25(24)19-7-10-21(29)11-8-19)26(33)23(36-28)16-20-9-12-22(15-17(20)2)31-13-5-6-14-31/h7-12,15-16,25H,4-6,13-14H2,1-3H3/b23-16+/t25-/m1/s1. The lowest BCUT2D eigenvalue weighted by Gasteiger charge is -2.24. The van der Waals surface area contributed by atoms with Gasteiger partial charge in [-0.2, -0.15) is 0 Å². The molecule has 186 valence electrons. The van der Waals surface area contributed by atoms with Gasteiger partial charge in [0.25, 0.3) is 5.56 Å². The van der Waals surface area contributed by atoms with E-state index in [1.165, 1.54) is 29.9 Å². The fraction of sp³-hybridized carbons (Fsp3) is 0.321. The van der Waals surface area contributed by atoms with Crippen LogP contribution in [-0.2, 0) is 9.53 Å². The summed E-state index contributed by atoms with van der Waals surface area (Å²) >= 11 is 7.46. The molecule has 5 rings (SSSR count). The molecule has 8 heteroatoms. The van der Waals surface area contributed by atoms with E-state index >= 15 is 0 Å². The van der Waals surface area contributed by atoms with Crippen LogP contribution in [0.4, 0.5) is 5.69 Å². The van der Waals surface area contributed by atoms with Crippen molar-refractivity contribution in [1.82, 2.24) is 4.57 Å². The number of esters is 1. The topological polar surface area (TPSA) is 63.9 Å². The van der Waals surface area contributed by atoms with Crippen molar-refractivity contribution in [2.75, 3.05) is 24.6 Å². The Morgan fingerprint density at radius 3 is 2.56 bits per heavy atom. The van der Waals surface area contributed by atoms with Crippen molar-refractivity contribution in [2.45, 2.75) is 39.7 Å². The van der Waals surface area contributed by atoms with Crippen molar-refractivity contribution in [2.24, 2.45) is 4.99 Å². The van der Waals surface area contributed by atoms with Crippen LogP contribution in [0, 0.1) is 6.92 Å². The second-order valence-corrected chi connectivity index (χ2v) is 10.5. The van der Waals surface area contributed by atoms with Crippen LogP contribution < -0.4 is 19.8 Å². The molecular weight excluding hydrogens is 494 g/mol. The molecule has 36 heavy (non-hydrogen) atoms. The number of ether oxygens (including phenoxy) is 1. The molecule has 2 aromatic carbocycles. The number of benzene rings is 2. The van der Waals surface area contributed by atoms with Gasteiger partial charge >= 0.3 is 5.97 Å². The average molecular weight is 522 g/mol. The Morgan fingerprint density at radius 2 is 1.89 bits per heavy atom. The van der Waals surface area contributed by atoms with Gasteiger partial charge in [0.2, 0.25) is 0 Å². The maximum atomic E-state index is 13.8. The Morgan fingerprint density at radius 1 is 1.17 bits per heavy atom. The van der Waals surface area contributed by atoms with Gasteiger partial charge in [0.05, 0.1) is 28.5 Å². The summed E-state index contributed by atoms with van der Waals surface area (Å²) in [5.41, 5.74) is 4.83. The van der Waals surface area contributed by atoms with Gasteiger partial charge in [-0.3, -0.25) is 9.36 Å². The molecular formula is C28H28ClN3O3S. The van der Waals surface area contributed by atoms with Crippen LogP contribution in [0.1, 0.15) is 49.4 Å². The summed E-state index contributed by atoms with van der Waals surface area (Å²) < 4.78 is 7.52. The predicted molar refractivity (Wildman–Crippen MR) is 144 cm³/mol. The zero-order valence-corrected chi connectivity index (χ0v) is 22.2. The number of allylic oxidation sites excluding steroid dienone is 1. The fourth-order valence-corrected chi connectivity index (χ4v) is 6.05. The molecule has 0 unspecified atom stereocenters. The molecule has 2 aliphatic heterocycles. The Balaban J connectivity index is 1.63. The number of nitrogens with zero attached hydrogens (tertiary/aromatic N) is 3. The Kier molecular flexibility index (Phi) is 6.86. The van der Waals surface area contributed by atoms with E-state index in [1.54, 1.807) is 30.5 Å². The summed E-state index contributed by atoms with van der Waals surface area (Å²) in [5.74, 6) is -0.471. The largest absolute Gasteiger partial charge is 0.463 e. The molecule has 1 aromatic heterocycles. The van der Waals surface area contributed by atoms with Crippen LogP contribution in [0.5, 0.6) is 0 Å². The van der Waals surface area contributed by atoms with Gasteiger partial charge in [0.15, 0.2) is 4.80 Å². The zero-order valence-electron chi connectivity index (χ0n) is 20.6. The van der Waals surface area contributed by atoms with Crippen molar-refractivity contribution in [1.29, 1.82) is 0 Å². The van der Waals surface area contributed by atoms with E-state index in [2.05, 4.69) is 35.0 Å². The van der Waals surface area contributed by atoms with E-state index in [0.717, 1.165) is 29.8 Å². The first-order valence-electron chi connectivity index (χ1n) is 12.2. The molecule has 0 saturated carbocycles. The quantitative estimate of drug-likeness (QED) is 0.468. The number of hydrogen-bond acceptors (Lipinski definition) is 6. The Hall–Kier alpha value is -3.16. The molecule has 1 saturated heterocycles. The van der Waals surface area contributed by atoms with Gasteiger partial charge in [0.1, 0.15) is 0 Å². The predicted octanol–water partition coefficient (Wildman–Crippen LogP) is 4.36. The number of carbonyl (C=O) groups is 1. The first-order valence-corrected chi connectivity index (χ1v) is 13.4. The first kappa shape index (κ1) is 24.5. The van der Waals surface area contributed by atoms with Gasteiger partial charge in [0, 0.05) is 23.8 Å². The summed E-state index contributed by atoms with van der Waals surface area (Å²) in [4.78, 5) is 34.3. The summed E-state index contributed by atoms with van der Waals surface area (Å²) in [6, 6.07) is 12.9. The highest BCUT2D eigenvalue weighted by atomic mass is 35.5. The Labute approximate surface area is 218 Å². The third-order valence-electron chi connectivity index (χ3n) is 6.71. The molecule has 0 amide bonds. The molecule has 0 radical (unpaired) electrons. The summed E-state index contributed by atoms with van der Waals surface area (Å²) in [6.07, 6.45) is 4.38. The molecule has 2 aliphatic rings. The minimum absolute atomic E-state index is 0.184. The van der Waals surface area contributed by atoms with Gasteiger partial charge in [-0.1, -0.05) is 41.1 Å². The number of hydrogen-bond donors (Lipinski definition) is 0. The Bertz CT molecular complexity index is 1530. The molecule has 0 N–H and O–H groups in total. The van der Waals surface area contributed by atoms with Crippen LogP contribution in [-0.4, -0.2) is 30.2 Å². The van der Waals surface area contributed by atoms with E-state index in [1.807, 2.05) is 18.2 Å². The van der Waals surface area contributed by atoms with E-state index in [-0.39, 0.29) is 12.2 Å². The van der Waals surface area contributed by atoms with E-state index in [9.17, 15) is 9.59 Å². The molecule has 1 atom stereocenters. The number of thiazole rings is 1. The van der Waals surface area contributed by atoms with Gasteiger partial charge in [-0.15, -0.1) is 0 Å². The zero-order chi connectivity index (χ0) is 25.4. The number of aryl methyl sites for hydroxylation is 1. The molecule has 1 fully saturated rings. The SMILES string of the molecule is CCOC(=O)C1=C(C)N=c2s/c(=C/c3ccc(N4CCCC4)cc3C)c(=O)n2[C@@H]1c1ccc(Cl)cc1. The van der Waals surface area contributed by atoms with Crippen LogP contribution in [0.2, 0.25) is 5.02 Å². The second kappa shape index (κ2) is 10.1. The van der Waals surface area contributed by atoms with Crippen LogP contribution in [0.3, 0.4) is 0 Å². The van der Waals surface area contributed by atoms with Crippen molar-refractivity contribution in [3.63, 3.8) is 0 Å². The highest BCUT2D eigenvalue weighted by Crippen LogP contribution is 2.31. The number of halogens is 1. The molecule has 6 nitrogen and oxygen atoms in total. The number of aromatic nitrogens is 1. The lowest BCUT2D eigenvalue weighted by Crippen LogP contribution is -2.39. The minimum Gasteiger partial charge on any atom is -0.463 e. The fourth-order valence-electron chi connectivity index (χ4n) is 4.89. The number of carbonyl (C=O) groups excluding carboxylic acids is 1. The van der Waals surface area contributed by atoms with Crippen LogP contribution >= 0.6 is 22.9 Å². The van der Waals surface area contributed by atoms with E-state index in [0.29, 0.717) is 25.6 Å². The second-order valence-electron chi connectivity index (χ2n) is 9.09. The molecule has 3 aromatic rings. The lowest BCUT2D eigenvalue weighted by atomic mass is 9.96. The number of rotatable bonds is 5. The van der Waals surface area contributed by atoms with Gasteiger partial charge < -0.3 is 9.64 Å². The highest BCUT2D eigenvalue weighted by Gasteiger charge is 2.33. The first-order chi connectivity index (χ1) is 17.4. The third kappa shape index (κ3) is 4.53. The number of anilines is 1. The maximum absolute atomic E-state index is 13.8. The normalized spacial score (nSPS) is 17.8. The molecule has 0 spiro atoms. The van der Waals surface area contributed by atoms with Gasteiger partial charge in [-0.25, -0.2) is 9.79 Å². The van der Waals surface area contributed by atoms with Crippen molar-refractivity contribution >= 4 is 40.7 Å². The average Bonchev–Trinajstić information content (AvgIpc) is 3.49. The van der Waals surface area contributed by atoms with Crippen molar-refractivity contribution in [3.05, 3.63) is 95.1 Å². The molecule has 3 heterocycles. The molecule has 0 bridgehead atoms. The monoisotopic (exact) mass is 521 g/mol. The van der Waals surface area contributed by atoms with E-state index in [4.69, 9.17) is 16.3 Å². The van der Waals surface area contributed by atoms with Crippen LogP contribution in [0.15, 0.2) is 63.5 Å². The lowest BCUT2D eigenvalue weighted by molar-refractivity contribution is -0.139. The molecule has 0 aliphatic carbocycles. The van der Waals surface area contributed by atoms with E-state index < -0.39 is 12.0 Å². The summed E-state index contributed by atoms with van der Waals surface area (Å²) in [5, 5.41) is 0.581. The summed E-state index contributed by atoms with van der Waals surface area (Å²) in [7, 11) is 0. The third-order valence-corrected chi connectivity index (χ3v) is 7.95. The minimum atomic E-state index is -0.640. The number of fused-ring (bicyclic) bond motifs is 1. The summed E-state index contributed by atoms with van der Waals surface area (Å²) in [6.45, 7) is 8.03. The highest BCUT2D eigenvalue weighted by molar-refractivity contribution is 7.07. The van der Waals surface area contributed by atoms with Crippen molar-refractivity contribution in [3.8, 4) is 0 Å².